The van der Waals surface area contributed by atoms with Gasteiger partial charge in [0.05, 0.1) is 39.7 Å². The molecule has 1 spiro atoms. The van der Waals surface area contributed by atoms with E-state index in [1.165, 1.54) is 6.20 Å². The highest BCUT2D eigenvalue weighted by molar-refractivity contribution is 5.77. The topological polar surface area (TPSA) is 83.5 Å². The normalized spacial score (nSPS) is 17.2. The first-order chi connectivity index (χ1) is 17.5. The summed E-state index contributed by atoms with van der Waals surface area (Å²) in [6.45, 7) is 6.49. The number of nitrogens with zero attached hydrogens (tertiary/aromatic N) is 5. The van der Waals surface area contributed by atoms with Crippen LogP contribution in [0.2, 0.25) is 0 Å². The number of rotatable bonds is 4. The van der Waals surface area contributed by atoms with Gasteiger partial charge in [-0.25, -0.2) is 4.79 Å². The molecule has 1 saturated carbocycles. The Bertz CT molecular complexity index is 1320. The lowest BCUT2D eigenvalue weighted by molar-refractivity contribution is -0.137. The average molecular weight is 515 g/mol. The lowest BCUT2D eigenvalue weighted by Crippen LogP contribution is -2.58. The summed E-state index contributed by atoms with van der Waals surface area (Å²) in [5, 5.41) is 3.16. The van der Waals surface area contributed by atoms with Crippen LogP contribution in [0.5, 0.6) is 0 Å². The number of hydrogen-bond acceptors (Lipinski definition) is 7. The highest BCUT2D eigenvalue weighted by Gasteiger charge is 2.55. The van der Waals surface area contributed by atoms with Gasteiger partial charge in [-0.3, -0.25) is 19.9 Å². The van der Waals surface area contributed by atoms with Crippen LogP contribution in [0.3, 0.4) is 0 Å². The first-order valence-electron chi connectivity index (χ1n) is 12.2. The molecule has 3 heterocycles. The molecule has 1 aliphatic heterocycles. The summed E-state index contributed by atoms with van der Waals surface area (Å²) in [5.41, 5.74) is 0.663. The smallest absolute Gasteiger partial charge is 0.419 e. The van der Waals surface area contributed by atoms with Gasteiger partial charge in [0.15, 0.2) is 0 Å². The number of halogens is 3. The molecule has 37 heavy (non-hydrogen) atoms. The van der Waals surface area contributed by atoms with E-state index in [4.69, 9.17) is 4.74 Å². The number of carbonyl (C=O) groups excluding carboxylic acids is 1. The van der Waals surface area contributed by atoms with E-state index in [0.717, 1.165) is 30.1 Å². The Balaban J connectivity index is 1.41. The number of anilines is 2. The Morgan fingerprint density at radius 2 is 1.81 bits per heavy atom. The maximum Gasteiger partial charge on any atom is 0.419 e. The number of pyridine rings is 1. The summed E-state index contributed by atoms with van der Waals surface area (Å²) in [6.07, 6.45) is 1.92. The van der Waals surface area contributed by atoms with Crippen LogP contribution in [-0.2, 0) is 17.5 Å². The number of alkyl halides is 3. The molecule has 1 saturated heterocycles. The molecule has 0 atom stereocenters. The molecule has 3 aromatic rings. The highest BCUT2D eigenvalue weighted by atomic mass is 19.4. The van der Waals surface area contributed by atoms with Crippen LogP contribution in [0.4, 0.5) is 29.3 Å². The standard InChI is InChI=1S/C26H29F3N6O2/c1-24(2,3)37-23(36)35-11-10-34(16-25(35)6-7-25)22-18(26(27,28)29)14-30-15-21(22)33-13-17-4-5-19-20(12-17)32-9-8-31-19/h4-5,8-9,12,14-15,33H,6-7,10-11,13,16H2,1-3H3. The number of amides is 1. The zero-order chi connectivity index (χ0) is 26.4. The zero-order valence-corrected chi connectivity index (χ0v) is 21.0. The molecule has 1 N–H and O–H groups in total. The van der Waals surface area contributed by atoms with Crippen molar-refractivity contribution in [3.8, 4) is 0 Å². The van der Waals surface area contributed by atoms with E-state index in [-0.39, 0.29) is 31.0 Å². The minimum Gasteiger partial charge on any atom is -0.444 e. The van der Waals surface area contributed by atoms with E-state index in [0.29, 0.717) is 12.1 Å². The summed E-state index contributed by atoms with van der Waals surface area (Å²) in [7, 11) is 0. The molecule has 196 valence electrons. The maximum absolute atomic E-state index is 14.1. The van der Waals surface area contributed by atoms with E-state index in [1.807, 2.05) is 18.2 Å². The Kier molecular flexibility index (Phi) is 6.12. The number of benzene rings is 1. The largest absolute Gasteiger partial charge is 0.444 e. The molecule has 2 fully saturated rings. The fraction of sp³-hybridized carbons (Fsp3) is 0.462. The van der Waals surface area contributed by atoms with Gasteiger partial charge in [0, 0.05) is 44.8 Å². The number of aromatic nitrogens is 3. The van der Waals surface area contributed by atoms with Crippen molar-refractivity contribution in [2.75, 3.05) is 29.9 Å². The molecule has 0 unspecified atom stereocenters. The van der Waals surface area contributed by atoms with Crippen molar-refractivity contribution in [3.05, 3.63) is 54.1 Å². The summed E-state index contributed by atoms with van der Waals surface area (Å²) in [6, 6.07) is 5.55. The van der Waals surface area contributed by atoms with Gasteiger partial charge in [0.25, 0.3) is 0 Å². The number of nitrogens with one attached hydrogen (secondary N) is 1. The number of piperazine rings is 1. The molecule has 0 bridgehead atoms. The SMILES string of the molecule is CC(C)(C)OC(=O)N1CCN(c2c(NCc3ccc4nccnc4c3)cncc2C(F)(F)F)CC12CC2. The van der Waals surface area contributed by atoms with Crippen molar-refractivity contribution >= 4 is 28.5 Å². The number of carbonyl (C=O) groups is 1. The molecule has 1 aromatic carbocycles. The van der Waals surface area contributed by atoms with Crippen LogP contribution >= 0.6 is 0 Å². The van der Waals surface area contributed by atoms with Crippen molar-refractivity contribution in [1.29, 1.82) is 0 Å². The Morgan fingerprint density at radius 3 is 2.49 bits per heavy atom. The molecule has 1 amide bonds. The van der Waals surface area contributed by atoms with Crippen molar-refractivity contribution in [3.63, 3.8) is 0 Å². The third kappa shape index (κ3) is 5.26. The van der Waals surface area contributed by atoms with E-state index in [1.54, 1.807) is 43.0 Å². The highest BCUT2D eigenvalue weighted by Crippen LogP contribution is 2.48. The molecule has 5 rings (SSSR count). The fourth-order valence-corrected chi connectivity index (χ4v) is 4.79. The minimum atomic E-state index is -4.59. The molecular formula is C26H29F3N6O2. The second-order valence-corrected chi connectivity index (χ2v) is 10.6. The van der Waals surface area contributed by atoms with Gasteiger partial charge in [-0.2, -0.15) is 13.2 Å². The number of ether oxygens (including phenoxy) is 1. The van der Waals surface area contributed by atoms with E-state index >= 15 is 0 Å². The Morgan fingerprint density at radius 1 is 1.08 bits per heavy atom. The van der Waals surface area contributed by atoms with Crippen molar-refractivity contribution in [2.24, 2.45) is 0 Å². The summed E-state index contributed by atoms with van der Waals surface area (Å²) in [5.74, 6) is 0. The lowest BCUT2D eigenvalue weighted by atomic mass is 10.1. The first-order valence-corrected chi connectivity index (χ1v) is 12.2. The average Bonchev–Trinajstić information content (AvgIpc) is 3.59. The monoisotopic (exact) mass is 514 g/mol. The molecule has 0 radical (unpaired) electrons. The molecule has 2 aromatic heterocycles. The summed E-state index contributed by atoms with van der Waals surface area (Å²) >= 11 is 0. The Labute approximate surface area is 212 Å². The molecule has 11 heteroatoms. The quantitative estimate of drug-likeness (QED) is 0.510. The van der Waals surface area contributed by atoms with Crippen LogP contribution in [0, 0.1) is 0 Å². The van der Waals surface area contributed by atoms with Gasteiger partial charge in [-0.05, 0) is 51.3 Å². The van der Waals surface area contributed by atoms with Crippen LogP contribution in [0.1, 0.15) is 44.7 Å². The molecule has 1 aliphatic carbocycles. The van der Waals surface area contributed by atoms with Crippen LogP contribution in [0.15, 0.2) is 43.0 Å². The maximum atomic E-state index is 14.1. The van der Waals surface area contributed by atoms with Crippen LogP contribution in [-0.4, -0.2) is 56.7 Å². The number of hydrogen-bond donors (Lipinski definition) is 1. The summed E-state index contributed by atoms with van der Waals surface area (Å²) in [4.78, 5) is 28.7. The van der Waals surface area contributed by atoms with Gasteiger partial charge >= 0.3 is 12.3 Å². The van der Waals surface area contributed by atoms with Gasteiger partial charge < -0.3 is 15.0 Å². The second kappa shape index (κ2) is 9.04. The predicted octanol–water partition coefficient (Wildman–Crippen LogP) is 5.25. The predicted molar refractivity (Wildman–Crippen MR) is 133 cm³/mol. The molecule has 2 aliphatic rings. The zero-order valence-electron chi connectivity index (χ0n) is 21.0. The van der Waals surface area contributed by atoms with Crippen molar-refractivity contribution in [2.45, 2.75) is 57.5 Å². The summed E-state index contributed by atoms with van der Waals surface area (Å²) < 4.78 is 47.9. The van der Waals surface area contributed by atoms with Crippen molar-refractivity contribution < 1.29 is 22.7 Å². The van der Waals surface area contributed by atoms with Gasteiger partial charge in [-0.1, -0.05) is 6.07 Å². The van der Waals surface area contributed by atoms with E-state index in [2.05, 4.69) is 20.3 Å². The Hall–Kier alpha value is -3.63. The van der Waals surface area contributed by atoms with E-state index in [9.17, 15) is 18.0 Å². The minimum absolute atomic E-state index is 0.0539. The van der Waals surface area contributed by atoms with Crippen molar-refractivity contribution in [1.82, 2.24) is 19.9 Å². The third-order valence-electron chi connectivity index (χ3n) is 6.65. The van der Waals surface area contributed by atoms with E-state index < -0.39 is 29.0 Å². The lowest BCUT2D eigenvalue weighted by Gasteiger charge is -2.44. The molecule has 8 nitrogen and oxygen atoms in total. The fourth-order valence-electron chi connectivity index (χ4n) is 4.79. The van der Waals surface area contributed by atoms with Crippen LogP contribution in [0.25, 0.3) is 11.0 Å². The molecular weight excluding hydrogens is 485 g/mol. The number of fused-ring (bicyclic) bond motifs is 1. The first kappa shape index (κ1) is 25.0. The van der Waals surface area contributed by atoms with Crippen LogP contribution < -0.4 is 10.2 Å². The van der Waals surface area contributed by atoms with Gasteiger partial charge in [-0.15, -0.1) is 0 Å². The third-order valence-corrected chi connectivity index (χ3v) is 6.65. The van der Waals surface area contributed by atoms with Gasteiger partial charge in [0.1, 0.15) is 5.60 Å². The second-order valence-electron chi connectivity index (χ2n) is 10.6. The van der Waals surface area contributed by atoms with Gasteiger partial charge in [0.2, 0.25) is 0 Å².